The van der Waals surface area contributed by atoms with Gasteiger partial charge >= 0.3 is 0 Å². The molecule has 4 atom stereocenters. The van der Waals surface area contributed by atoms with E-state index in [0.29, 0.717) is 11.1 Å². The van der Waals surface area contributed by atoms with Gasteiger partial charge in [-0.3, -0.25) is 0 Å². The van der Waals surface area contributed by atoms with Crippen LogP contribution in [0.4, 0.5) is 0 Å². The molecule has 2 fully saturated rings. The smallest absolute Gasteiger partial charge is 0.231 e. The monoisotopic (exact) mass is 362 g/mol. The SMILES string of the molecule is [2H]c1cc([C@H]2OC[C@H]3[C@@H]2CO[C@@H]3c2cc([2H])c3c(c2[2H])OC([2H])([2H])O3)c([2H])c2c1OC([2H])([2H])O2. The minimum Gasteiger partial charge on any atom is -0.454 e. The molecule has 0 unspecified atom stereocenters. The van der Waals surface area contributed by atoms with Crippen molar-refractivity contribution in [3.63, 3.8) is 0 Å². The van der Waals surface area contributed by atoms with Gasteiger partial charge < -0.3 is 28.4 Å². The summed E-state index contributed by atoms with van der Waals surface area (Å²) in [4.78, 5) is 0. The van der Waals surface area contributed by atoms with Crippen molar-refractivity contribution in [3.8, 4) is 23.0 Å². The minimum atomic E-state index is -2.46. The highest BCUT2D eigenvalue weighted by Crippen LogP contribution is 2.52. The van der Waals surface area contributed by atoms with Crippen LogP contribution in [0.1, 0.15) is 34.3 Å². The van der Waals surface area contributed by atoms with E-state index in [1.54, 1.807) is 0 Å². The van der Waals surface area contributed by atoms with Gasteiger partial charge in [0.1, 0.15) is 5.48 Å². The van der Waals surface area contributed by atoms with Gasteiger partial charge in [0.05, 0.1) is 30.9 Å². The largest absolute Gasteiger partial charge is 0.454 e. The van der Waals surface area contributed by atoms with Crippen molar-refractivity contribution in [1.82, 2.24) is 0 Å². The van der Waals surface area contributed by atoms with Crippen molar-refractivity contribution in [1.29, 1.82) is 0 Å². The van der Waals surface area contributed by atoms with Crippen LogP contribution in [-0.2, 0) is 9.47 Å². The number of rotatable bonds is 2. The second kappa shape index (κ2) is 5.53. The molecule has 2 saturated heterocycles. The molecule has 4 aliphatic heterocycles. The second-order valence-electron chi connectivity index (χ2n) is 6.47. The van der Waals surface area contributed by atoms with Gasteiger partial charge in [0.15, 0.2) is 23.0 Å². The van der Waals surface area contributed by atoms with E-state index in [9.17, 15) is 0 Å². The Morgan fingerprint density at radius 3 is 1.69 bits per heavy atom. The van der Waals surface area contributed by atoms with Gasteiger partial charge in [-0.1, -0.05) is 12.1 Å². The third-order valence-electron chi connectivity index (χ3n) is 5.10. The summed E-state index contributed by atoms with van der Waals surface area (Å²) in [7, 11) is 0. The van der Waals surface area contributed by atoms with Gasteiger partial charge in [0.25, 0.3) is 0 Å². The van der Waals surface area contributed by atoms with E-state index in [4.69, 9.17) is 39.4 Å². The first-order valence-corrected chi connectivity index (χ1v) is 8.23. The maximum Gasteiger partial charge on any atom is 0.231 e. The number of fused-ring (bicyclic) bond motifs is 3. The summed E-state index contributed by atoms with van der Waals surface area (Å²) in [5.74, 6) is -1.03. The highest BCUT2D eigenvalue weighted by atomic mass is 16.7. The lowest BCUT2D eigenvalue weighted by Crippen LogP contribution is -2.14. The van der Waals surface area contributed by atoms with E-state index < -0.39 is 25.7 Å². The van der Waals surface area contributed by atoms with E-state index in [2.05, 4.69) is 0 Å². The van der Waals surface area contributed by atoms with Gasteiger partial charge in [-0.2, -0.15) is 0 Å². The molecule has 0 aliphatic carbocycles. The van der Waals surface area contributed by atoms with Gasteiger partial charge in [-0.25, -0.2) is 0 Å². The molecular weight excluding hydrogens is 336 g/mol. The van der Waals surface area contributed by atoms with Crippen LogP contribution in [0.5, 0.6) is 23.0 Å². The quantitative estimate of drug-likeness (QED) is 0.818. The summed E-state index contributed by atoms with van der Waals surface area (Å²) in [5, 5.41) is 0. The first-order chi connectivity index (χ1) is 16.0. The molecule has 0 saturated carbocycles. The number of benzene rings is 2. The average Bonchev–Trinajstić information content (AvgIpc) is 3.49. The van der Waals surface area contributed by atoms with Crippen LogP contribution >= 0.6 is 0 Å². The maximum absolute atomic E-state index is 8.52. The Balaban J connectivity index is 1.32. The number of hydrogen-bond donors (Lipinski definition) is 0. The molecule has 2 aromatic rings. The van der Waals surface area contributed by atoms with Crippen LogP contribution in [0.25, 0.3) is 0 Å². The first-order valence-electron chi connectivity index (χ1n) is 12.2. The number of hydrogen-bond acceptors (Lipinski definition) is 6. The van der Waals surface area contributed by atoms with Gasteiger partial charge in [0, 0.05) is 11.8 Å². The fraction of sp³-hybridized carbons (Fsp3) is 0.400. The zero-order valence-electron chi connectivity index (χ0n) is 21.3. The normalized spacial score (nSPS) is 38.9. The Hall–Kier alpha value is -2.44. The Morgan fingerprint density at radius 2 is 1.19 bits per heavy atom. The molecule has 4 heterocycles. The fourth-order valence-corrected chi connectivity index (χ4v) is 3.86. The predicted octanol–water partition coefficient (Wildman–Crippen LogP) is 3.22. The highest BCUT2D eigenvalue weighted by molar-refractivity contribution is 5.46. The van der Waals surface area contributed by atoms with Crippen LogP contribution in [0, 0.1) is 11.8 Å². The van der Waals surface area contributed by atoms with Gasteiger partial charge in [0.2, 0.25) is 13.5 Å². The summed E-state index contributed by atoms with van der Waals surface area (Å²) in [6, 6.07) is 2.33. The lowest BCUT2D eigenvalue weighted by atomic mass is 9.85. The van der Waals surface area contributed by atoms with Gasteiger partial charge in [-0.15, -0.1) is 0 Å². The van der Waals surface area contributed by atoms with Crippen molar-refractivity contribution in [3.05, 3.63) is 47.4 Å². The molecule has 6 heteroatoms. The lowest BCUT2D eigenvalue weighted by Gasteiger charge is -2.17. The molecule has 6 nitrogen and oxygen atoms in total. The molecule has 0 N–H and O–H groups in total. The molecule has 0 radical (unpaired) electrons. The van der Waals surface area contributed by atoms with Crippen molar-refractivity contribution < 1.29 is 39.4 Å². The van der Waals surface area contributed by atoms with Crippen molar-refractivity contribution >= 4 is 0 Å². The van der Waals surface area contributed by atoms with E-state index in [0.717, 1.165) is 0 Å². The second-order valence-corrected chi connectivity index (χ2v) is 6.47. The van der Waals surface area contributed by atoms with Gasteiger partial charge in [-0.05, 0) is 35.3 Å². The van der Waals surface area contributed by atoms with Crippen LogP contribution < -0.4 is 18.9 Å². The highest BCUT2D eigenvalue weighted by Gasteiger charge is 2.48. The van der Waals surface area contributed by atoms with E-state index in [1.807, 2.05) is 0 Å². The van der Waals surface area contributed by atoms with Crippen LogP contribution in [0.15, 0.2) is 36.3 Å². The van der Waals surface area contributed by atoms with E-state index >= 15 is 0 Å². The first kappa shape index (κ1) is 8.97. The summed E-state index contributed by atoms with van der Waals surface area (Å²) < 4.78 is 96.2. The molecule has 0 bridgehead atoms. The van der Waals surface area contributed by atoms with E-state index in [1.165, 1.54) is 12.1 Å². The zero-order valence-corrected chi connectivity index (χ0v) is 13.3. The minimum absolute atomic E-state index is 0.123. The molecule has 6 rings (SSSR count). The van der Waals surface area contributed by atoms with Crippen LogP contribution in [0.3, 0.4) is 0 Å². The Kier molecular flexibility index (Phi) is 1.91. The summed E-state index contributed by atoms with van der Waals surface area (Å²) in [5.41, 5.74) is 0.709. The topological polar surface area (TPSA) is 55.4 Å². The third-order valence-corrected chi connectivity index (χ3v) is 5.10. The summed E-state index contributed by atoms with van der Waals surface area (Å²) in [6.45, 7) is -4.46. The van der Waals surface area contributed by atoms with Crippen molar-refractivity contribution in [2.75, 3.05) is 26.7 Å². The standard InChI is InChI=1S/C20H18O6/c1-3-15-17(25-9-23-15)5-11(1)19-13-7-22-20(14(13)8-21-19)12-2-4-16-18(6-12)26-10-24-16/h1-6,13-14,19-20H,7-10H2/t13-,14-,19+,20+/m0/s1/i3D,4D,5D,6D,9D2,10D2. The average molecular weight is 362 g/mol. The van der Waals surface area contributed by atoms with Crippen LogP contribution in [0.2, 0.25) is 0 Å². The van der Waals surface area contributed by atoms with Crippen LogP contribution in [-0.4, -0.2) is 26.7 Å². The molecule has 134 valence electrons. The molecular formula is C20H18O6. The zero-order chi connectivity index (χ0) is 24.2. The fourth-order valence-electron chi connectivity index (χ4n) is 3.86. The molecule has 0 aromatic heterocycles. The molecule has 0 amide bonds. The van der Waals surface area contributed by atoms with Crippen molar-refractivity contribution in [2.24, 2.45) is 11.8 Å². The lowest BCUT2D eigenvalue weighted by molar-refractivity contribution is 0.0192. The summed E-state index contributed by atoms with van der Waals surface area (Å²) in [6.07, 6.45) is -1.25. The molecule has 2 aromatic carbocycles. The Bertz CT molecular complexity index is 1130. The molecule has 4 aliphatic rings. The van der Waals surface area contributed by atoms with E-state index in [-0.39, 0.29) is 72.2 Å². The third kappa shape index (κ3) is 2.12. The maximum atomic E-state index is 8.52. The molecule has 0 spiro atoms. The summed E-state index contributed by atoms with van der Waals surface area (Å²) >= 11 is 0. The Labute approximate surface area is 161 Å². The van der Waals surface area contributed by atoms with Crippen molar-refractivity contribution in [2.45, 2.75) is 12.2 Å². The predicted molar refractivity (Wildman–Crippen MR) is 89.5 cm³/mol. The number of ether oxygens (including phenoxy) is 6. The Morgan fingerprint density at radius 1 is 0.731 bits per heavy atom. The molecule has 26 heavy (non-hydrogen) atoms.